The van der Waals surface area contributed by atoms with Gasteiger partial charge in [0.15, 0.2) is 0 Å². The van der Waals surface area contributed by atoms with E-state index in [1.54, 1.807) is 4.90 Å². The highest BCUT2D eigenvalue weighted by Gasteiger charge is 2.22. The Morgan fingerprint density at radius 3 is 2.57 bits per heavy atom. The van der Waals surface area contributed by atoms with E-state index in [4.69, 9.17) is 5.26 Å². The van der Waals surface area contributed by atoms with Gasteiger partial charge in [0.05, 0.1) is 6.07 Å². The minimum Gasteiger partial charge on any atom is -0.356 e. The fraction of sp³-hybridized carbons (Fsp3) is 0.500. The van der Waals surface area contributed by atoms with Gasteiger partial charge >= 0.3 is 0 Å². The third kappa shape index (κ3) is 5.74. The summed E-state index contributed by atoms with van der Waals surface area (Å²) in [5.74, 6) is 0.413. The Balaban J connectivity index is 1.62. The van der Waals surface area contributed by atoms with Crippen molar-refractivity contribution in [3.8, 4) is 6.07 Å². The molecule has 5 heteroatoms. The molecular formula is C18H23N3O2. The second-order valence-corrected chi connectivity index (χ2v) is 5.95. The van der Waals surface area contributed by atoms with Gasteiger partial charge in [-0.15, -0.1) is 0 Å². The molecule has 1 aromatic carbocycles. The van der Waals surface area contributed by atoms with Gasteiger partial charge in [-0.05, 0) is 30.7 Å². The normalized spacial score (nSPS) is 15.0. The molecule has 1 heterocycles. The van der Waals surface area contributed by atoms with Crippen molar-refractivity contribution in [3.63, 3.8) is 0 Å². The average Bonchev–Trinajstić information content (AvgIpc) is 2.59. The number of piperidine rings is 1. The molecule has 1 aromatic rings. The number of carbonyl (C=O) groups is 2. The van der Waals surface area contributed by atoms with E-state index in [9.17, 15) is 9.59 Å². The van der Waals surface area contributed by atoms with Crippen molar-refractivity contribution in [1.82, 2.24) is 10.2 Å². The van der Waals surface area contributed by atoms with Gasteiger partial charge in [-0.3, -0.25) is 9.59 Å². The van der Waals surface area contributed by atoms with Gasteiger partial charge in [-0.1, -0.05) is 30.3 Å². The molecule has 1 N–H and O–H groups in total. The highest BCUT2D eigenvalue weighted by atomic mass is 16.2. The molecule has 0 unspecified atom stereocenters. The van der Waals surface area contributed by atoms with E-state index in [-0.39, 0.29) is 18.2 Å². The van der Waals surface area contributed by atoms with E-state index >= 15 is 0 Å². The van der Waals surface area contributed by atoms with Crippen LogP contribution in [0.3, 0.4) is 0 Å². The van der Waals surface area contributed by atoms with Crippen molar-refractivity contribution < 1.29 is 9.59 Å². The van der Waals surface area contributed by atoms with Crippen molar-refractivity contribution in [2.24, 2.45) is 5.92 Å². The molecule has 0 aliphatic carbocycles. The number of hydrogen-bond acceptors (Lipinski definition) is 3. The standard InChI is InChI=1S/C18H23N3O2/c19-11-8-18(23)21-12-9-16(10-13-21)14-20-17(22)7-6-15-4-2-1-3-5-15/h1-5,16H,6-10,12-14H2,(H,20,22). The first-order valence-electron chi connectivity index (χ1n) is 8.14. The van der Waals surface area contributed by atoms with E-state index in [0.717, 1.165) is 19.3 Å². The van der Waals surface area contributed by atoms with Crippen LogP contribution in [0.5, 0.6) is 0 Å². The van der Waals surface area contributed by atoms with Gasteiger partial charge in [-0.25, -0.2) is 0 Å². The molecule has 0 atom stereocenters. The second kappa shape index (κ2) is 8.94. The zero-order chi connectivity index (χ0) is 16.5. The zero-order valence-electron chi connectivity index (χ0n) is 13.3. The van der Waals surface area contributed by atoms with Crippen LogP contribution in [-0.4, -0.2) is 36.3 Å². The molecule has 2 rings (SSSR count). The van der Waals surface area contributed by atoms with Crippen LogP contribution in [0.2, 0.25) is 0 Å². The molecule has 0 aromatic heterocycles. The first-order chi connectivity index (χ1) is 11.2. The Morgan fingerprint density at radius 1 is 1.22 bits per heavy atom. The third-order valence-electron chi connectivity index (χ3n) is 4.27. The molecule has 0 saturated carbocycles. The molecule has 1 fully saturated rings. The number of amides is 2. The first kappa shape index (κ1) is 17.0. The Kier molecular flexibility index (Phi) is 6.61. The van der Waals surface area contributed by atoms with Crippen molar-refractivity contribution in [2.45, 2.75) is 32.1 Å². The lowest BCUT2D eigenvalue weighted by atomic mass is 9.96. The summed E-state index contributed by atoms with van der Waals surface area (Å²) in [5, 5.41) is 11.5. The number of aryl methyl sites for hydroxylation is 1. The summed E-state index contributed by atoms with van der Waals surface area (Å²) in [6, 6.07) is 11.9. The lowest BCUT2D eigenvalue weighted by Gasteiger charge is -2.31. The summed E-state index contributed by atoms with van der Waals surface area (Å²) in [7, 11) is 0. The molecule has 1 saturated heterocycles. The predicted octanol–water partition coefficient (Wildman–Crippen LogP) is 1.89. The van der Waals surface area contributed by atoms with Crippen LogP contribution >= 0.6 is 0 Å². The Hall–Kier alpha value is -2.35. The molecule has 2 amide bonds. The molecule has 1 aliphatic heterocycles. The highest BCUT2D eigenvalue weighted by molar-refractivity contribution is 5.78. The van der Waals surface area contributed by atoms with Gasteiger partial charge < -0.3 is 10.2 Å². The molecular weight excluding hydrogens is 290 g/mol. The van der Waals surface area contributed by atoms with Crippen LogP contribution in [0.1, 0.15) is 31.2 Å². The number of nitrogens with one attached hydrogen (secondary N) is 1. The monoisotopic (exact) mass is 313 g/mol. The van der Waals surface area contributed by atoms with Crippen LogP contribution in [0.25, 0.3) is 0 Å². The number of rotatable bonds is 6. The van der Waals surface area contributed by atoms with E-state index in [1.165, 1.54) is 5.56 Å². The van der Waals surface area contributed by atoms with Crippen LogP contribution < -0.4 is 5.32 Å². The number of carbonyl (C=O) groups excluding carboxylic acids is 2. The fourth-order valence-corrected chi connectivity index (χ4v) is 2.82. The lowest BCUT2D eigenvalue weighted by molar-refractivity contribution is -0.131. The molecule has 122 valence electrons. The summed E-state index contributed by atoms with van der Waals surface area (Å²) in [4.78, 5) is 25.3. The summed E-state index contributed by atoms with van der Waals surface area (Å²) in [6.45, 7) is 2.05. The van der Waals surface area contributed by atoms with Gasteiger partial charge in [0.2, 0.25) is 11.8 Å². The van der Waals surface area contributed by atoms with Crippen LogP contribution in [0.15, 0.2) is 30.3 Å². The summed E-state index contributed by atoms with van der Waals surface area (Å²) in [6.07, 6.45) is 2.99. The van der Waals surface area contributed by atoms with E-state index < -0.39 is 0 Å². The van der Waals surface area contributed by atoms with E-state index in [0.29, 0.717) is 32.0 Å². The number of nitriles is 1. The molecule has 1 aliphatic rings. The summed E-state index contributed by atoms with van der Waals surface area (Å²) >= 11 is 0. The van der Waals surface area contributed by atoms with Crippen LogP contribution in [0, 0.1) is 17.2 Å². The van der Waals surface area contributed by atoms with Crippen molar-refractivity contribution in [1.29, 1.82) is 5.26 Å². The van der Waals surface area contributed by atoms with Gasteiger partial charge in [0.25, 0.3) is 0 Å². The highest BCUT2D eigenvalue weighted by Crippen LogP contribution is 2.17. The maximum absolute atomic E-state index is 11.9. The lowest BCUT2D eigenvalue weighted by Crippen LogP contribution is -2.41. The molecule has 5 nitrogen and oxygen atoms in total. The summed E-state index contributed by atoms with van der Waals surface area (Å²) in [5.41, 5.74) is 1.17. The Labute approximate surface area is 137 Å². The first-order valence-corrected chi connectivity index (χ1v) is 8.14. The number of benzene rings is 1. The molecule has 0 bridgehead atoms. The third-order valence-corrected chi connectivity index (χ3v) is 4.27. The topological polar surface area (TPSA) is 73.2 Å². The SMILES string of the molecule is N#CCC(=O)N1CCC(CNC(=O)CCc2ccccc2)CC1. The van der Waals surface area contributed by atoms with E-state index in [2.05, 4.69) is 5.32 Å². The number of hydrogen-bond donors (Lipinski definition) is 1. The minimum absolute atomic E-state index is 0.0408. The maximum Gasteiger partial charge on any atom is 0.236 e. The van der Waals surface area contributed by atoms with E-state index in [1.807, 2.05) is 36.4 Å². The second-order valence-electron chi connectivity index (χ2n) is 5.95. The zero-order valence-corrected chi connectivity index (χ0v) is 13.3. The Bertz CT molecular complexity index is 557. The Morgan fingerprint density at radius 2 is 1.91 bits per heavy atom. The van der Waals surface area contributed by atoms with Gasteiger partial charge in [0, 0.05) is 26.1 Å². The maximum atomic E-state index is 11.9. The van der Waals surface area contributed by atoms with Crippen molar-refractivity contribution >= 4 is 11.8 Å². The minimum atomic E-state index is -0.0853. The predicted molar refractivity (Wildman–Crippen MR) is 87.3 cm³/mol. The quantitative estimate of drug-likeness (QED) is 0.871. The molecule has 0 spiro atoms. The van der Waals surface area contributed by atoms with Crippen molar-refractivity contribution in [2.75, 3.05) is 19.6 Å². The van der Waals surface area contributed by atoms with Gasteiger partial charge in [0.1, 0.15) is 6.42 Å². The largest absolute Gasteiger partial charge is 0.356 e. The summed E-state index contributed by atoms with van der Waals surface area (Å²) < 4.78 is 0. The fourth-order valence-electron chi connectivity index (χ4n) is 2.82. The average molecular weight is 313 g/mol. The van der Waals surface area contributed by atoms with Crippen molar-refractivity contribution in [3.05, 3.63) is 35.9 Å². The number of nitrogens with zero attached hydrogens (tertiary/aromatic N) is 2. The van der Waals surface area contributed by atoms with Gasteiger partial charge in [-0.2, -0.15) is 5.26 Å². The van der Waals surface area contributed by atoms with Crippen LogP contribution in [0.4, 0.5) is 0 Å². The number of likely N-dealkylation sites (tertiary alicyclic amines) is 1. The smallest absolute Gasteiger partial charge is 0.236 e. The molecule has 23 heavy (non-hydrogen) atoms. The molecule has 0 radical (unpaired) electrons. The van der Waals surface area contributed by atoms with Crippen LogP contribution in [-0.2, 0) is 16.0 Å².